The third kappa shape index (κ3) is 2.83. The van der Waals surface area contributed by atoms with Crippen molar-refractivity contribution in [2.24, 2.45) is 5.73 Å². The molecule has 2 rings (SSSR count). The molecule has 1 heterocycles. The number of hydrogen-bond acceptors (Lipinski definition) is 2. The van der Waals surface area contributed by atoms with Crippen molar-refractivity contribution in [3.8, 4) is 0 Å². The first kappa shape index (κ1) is 13.6. The van der Waals surface area contributed by atoms with Gasteiger partial charge in [0.1, 0.15) is 5.82 Å². The highest BCUT2D eigenvalue weighted by Gasteiger charge is 2.10. The van der Waals surface area contributed by atoms with Gasteiger partial charge >= 0.3 is 0 Å². The third-order valence-corrected chi connectivity index (χ3v) is 3.51. The summed E-state index contributed by atoms with van der Waals surface area (Å²) in [7, 11) is 0. The van der Waals surface area contributed by atoms with Gasteiger partial charge in [0.2, 0.25) is 0 Å². The van der Waals surface area contributed by atoms with Gasteiger partial charge in [0.25, 0.3) is 0 Å². The van der Waals surface area contributed by atoms with E-state index < -0.39 is 0 Å². The van der Waals surface area contributed by atoms with Crippen LogP contribution in [0.3, 0.4) is 0 Å². The molecule has 0 amide bonds. The van der Waals surface area contributed by atoms with E-state index in [9.17, 15) is 4.39 Å². The normalized spacial score (nSPS) is 11.9. The smallest absolute Gasteiger partial charge is 0.137 e. The Labute approximate surface area is 112 Å². The molecule has 0 unspecified atom stereocenters. The standard InChI is InChI=1S/C11H9BrFNS.ClH/c12-9-5-7(1-2-10(9)13)11(14)8-3-4-15-6-8;/h1-6,11H,14H2;1H/t11-;/m0./s1. The van der Waals surface area contributed by atoms with Crippen LogP contribution in [0.25, 0.3) is 0 Å². The van der Waals surface area contributed by atoms with Gasteiger partial charge in [0.05, 0.1) is 10.5 Å². The van der Waals surface area contributed by atoms with E-state index in [2.05, 4.69) is 15.9 Å². The van der Waals surface area contributed by atoms with Crippen LogP contribution in [0, 0.1) is 5.82 Å². The zero-order valence-electron chi connectivity index (χ0n) is 8.19. The van der Waals surface area contributed by atoms with Crippen molar-refractivity contribution >= 4 is 39.7 Å². The highest BCUT2D eigenvalue weighted by Crippen LogP contribution is 2.25. The molecule has 86 valence electrons. The molecule has 0 aliphatic carbocycles. The van der Waals surface area contributed by atoms with Gasteiger partial charge in [-0.1, -0.05) is 6.07 Å². The van der Waals surface area contributed by atoms with Gasteiger partial charge in [-0.3, -0.25) is 0 Å². The Morgan fingerprint density at radius 3 is 2.56 bits per heavy atom. The fourth-order valence-electron chi connectivity index (χ4n) is 1.35. The molecule has 0 fully saturated rings. The first-order chi connectivity index (χ1) is 7.18. The lowest BCUT2D eigenvalue weighted by atomic mass is 10.0. The Morgan fingerprint density at radius 1 is 1.25 bits per heavy atom. The van der Waals surface area contributed by atoms with Crippen LogP contribution in [0.5, 0.6) is 0 Å². The summed E-state index contributed by atoms with van der Waals surface area (Å²) in [6, 6.07) is 6.64. The predicted octanol–water partition coefficient (Wildman–Crippen LogP) is 4.12. The Morgan fingerprint density at radius 2 is 2.00 bits per heavy atom. The maximum absolute atomic E-state index is 13.0. The van der Waals surface area contributed by atoms with Crippen LogP contribution in [0.1, 0.15) is 17.2 Å². The fourth-order valence-corrected chi connectivity index (χ4v) is 2.44. The second-order valence-electron chi connectivity index (χ2n) is 3.21. The molecular weight excluding hydrogens is 313 g/mol. The Kier molecular flexibility index (Phi) is 4.92. The number of thiophene rings is 1. The average molecular weight is 323 g/mol. The quantitative estimate of drug-likeness (QED) is 0.884. The lowest BCUT2D eigenvalue weighted by molar-refractivity contribution is 0.619. The van der Waals surface area contributed by atoms with Crippen LogP contribution in [-0.4, -0.2) is 0 Å². The van der Waals surface area contributed by atoms with E-state index in [0.717, 1.165) is 11.1 Å². The topological polar surface area (TPSA) is 26.0 Å². The summed E-state index contributed by atoms with van der Waals surface area (Å²) in [5.41, 5.74) is 8.00. The van der Waals surface area contributed by atoms with Crippen LogP contribution < -0.4 is 5.73 Å². The monoisotopic (exact) mass is 321 g/mol. The van der Waals surface area contributed by atoms with Crippen molar-refractivity contribution in [1.82, 2.24) is 0 Å². The molecule has 0 saturated heterocycles. The number of rotatable bonds is 2. The van der Waals surface area contributed by atoms with E-state index in [1.807, 2.05) is 16.8 Å². The molecule has 0 aliphatic rings. The summed E-state index contributed by atoms with van der Waals surface area (Å²) in [5, 5.41) is 3.98. The van der Waals surface area contributed by atoms with E-state index in [1.165, 1.54) is 6.07 Å². The maximum atomic E-state index is 13.0. The first-order valence-electron chi connectivity index (χ1n) is 4.41. The highest BCUT2D eigenvalue weighted by atomic mass is 79.9. The lowest BCUT2D eigenvalue weighted by Gasteiger charge is -2.10. The summed E-state index contributed by atoms with van der Waals surface area (Å²) in [4.78, 5) is 0. The van der Waals surface area contributed by atoms with Crippen molar-refractivity contribution < 1.29 is 4.39 Å². The molecule has 0 bridgehead atoms. The van der Waals surface area contributed by atoms with Crippen LogP contribution in [0.2, 0.25) is 0 Å². The number of halogens is 3. The molecule has 0 aliphatic heterocycles. The first-order valence-corrected chi connectivity index (χ1v) is 6.14. The predicted molar refractivity (Wildman–Crippen MR) is 71.7 cm³/mol. The van der Waals surface area contributed by atoms with E-state index in [1.54, 1.807) is 23.5 Å². The van der Waals surface area contributed by atoms with Crippen molar-refractivity contribution in [3.63, 3.8) is 0 Å². The maximum Gasteiger partial charge on any atom is 0.137 e. The van der Waals surface area contributed by atoms with Gasteiger partial charge in [0, 0.05) is 0 Å². The van der Waals surface area contributed by atoms with Gasteiger partial charge in [0.15, 0.2) is 0 Å². The van der Waals surface area contributed by atoms with E-state index in [0.29, 0.717) is 4.47 Å². The van der Waals surface area contributed by atoms with E-state index in [4.69, 9.17) is 5.73 Å². The average Bonchev–Trinajstić information content (AvgIpc) is 2.74. The van der Waals surface area contributed by atoms with E-state index >= 15 is 0 Å². The van der Waals surface area contributed by atoms with Crippen molar-refractivity contribution in [1.29, 1.82) is 0 Å². The number of benzene rings is 1. The molecule has 2 N–H and O–H groups in total. The minimum atomic E-state index is -0.267. The van der Waals surface area contributed by atoms with Gasteiger partial charge in [-0.25, -0.2) is 4.39 Å². The molecule has 16 heavy (non-hydrogen) atoms. The molecule has 1 nitrogen and oxygen atoms in total. The van der Waals surface area contributed by atoms with Crippen LogP contribution in [0.15, 0.2) is 39.5 Å². The third-order valence-electron chi connectivity index (χ3n) is 2.21. The lowest BCUT2D eigenvalue weighted by Crippen LogP contribution is -2.10. The highest BCUT2D eigenvalue weighted by molar-refractivity contribution is 9.10. The van der Waals surface area contributed by atoms with Crippen LogP contribution in [0.4, 0.5) is 4.39 Å². The van der Waals surface area contributed by atoms with Crippen LogP contribution in [-0.2, 0) is 0 Å². The molecule has 5 heteroatoms. The Balaban J connectivity index is 0.00000128. The van der Waals surface area contributed by atoms with Gasteiger partial charge < -0.3 is 5.73 Å². The van der Waals surface area contributed by atoms with Crippen LogP contribution >= 0.6 is 39.7 Å². The van der Waals surface area contributed by atoms with Gasteiger partial charge in [-0.15, -0.1) is 12.4 Å². The van der Waals surface area contributed by atoms with Gasteiger partial charge in [-0.05, 0) is 56.0 Å². The largest absolute Gasteiger partial charge is 0.320 e. The zero-order valence-corrected chi connectivity index (χ0v) is 11.4. The van der Waals surface area contributed by atoms with Gasteiger partial charge in [-0.2, -0.15) is 11.3 Å². The minimum absolute atomic E-state index is 0. The fraction of sp³-hybridized carbons (Fsp3) is 0.0909. The molecular formula is C11H10BrClFNS. The molecule has 2 aromatic rings. The molecule has 0 saturated carbocycles. The summed E-state index contributed by atoms with van der Waals surface area (Å²) < 4.78 is 13.5. The summed E-state index contributed by atoms with van der Waals surface area (Å²) >= 11 is 4.75. The van der Waals surface area contributed by atoms with Crippen molar-refractivity contribution in [2.45, 2.75) is 6.04 Å². The van der Waals surface area contributed by atoms with Crippen molar-refractivity contribution in [3.05, 3.63) is 56.4 Å². The zero-order chi connectivity index (χ0) is 10.8. The van der Waals surface area contributed by atoms with Crippen molar-refractivity contribution in [2.75, 3.05) is 0 Å². The molecule has 0 radical (unpaired) electrons. The summed E-state index contributed by atoms with van der Waals surface area (Å²) in [6.07, 6.45) is 0. The summed E-state index contributed by atoms with van der Waals surface area (Å²) in [6.45, 7) is 0. The molecule has 1 aromatic heterocycles. The second-order valence-corrected chi connectivity index (χ2v) is 4.84. The number of hydrogen-bond donors (Lipinski definition) is 1. The Bertz CT molecular complexity index is 461. The number of nitrogens with two attached hydrogens (primary N) is 1. The molecule has 0 spiro atoms. The Hall–Kier alpha value is -0.420. The van der Waals surface area contributed by atoms with E-state index in [-0.39, 0.29) is 24.3 Å². The minimum Gasteiger partial charge on any atom is -0.320 e. The second kappa shape index (κ2) is 5.77. The SMILES string of the molecule is Cl.N[C@H](c1ccsc1)c1ccc(F)c(Br)c1. The molecule has 1 aromatic carbocycles. The summed E-state index contributed by atoms with van der Waals surface area (Å²) in [5.74, 6) is -0.267. The molecule has 1 atom stereocenters.